The second kappa shape index (κ2) is 4.60. The summed E-state index contributed by atoms with van der Waals surface area (Å²) in [4.78, 5) is 4.82. The highest BCUT2D eigenvalue weighted by Gasteiger charge is 2.20. The smallest absolute Gasteiger partial charge is 0.0712 e. The van der Waals surface area contributed by atoms with E-state index in [1.165, 1.54) is 34.2 Å². The van der Waals surface area contributed by atoms with Crippen LogP contribution in [0.15, 0.2) is 48.5 Å². The normalized spacial score (nSPS) is 13.7. The van der Waals surface area contributed by atoms with Crippen LogP contribution in [0.4, 0.5) is 0 Å². The highest BCUT2D eigenvalue weighted by atomic mass is 35.5. The molecule has 0 radical (unpaired) electrons. The van der Waals surface area contributed by atoms with E-state index in [1.807, 2.05) is 18.2 Å². The number of fused-ring (bicyclic) bond motifs is 2. The molecule has 1 heterocycles. The monoisotopic (exact) mass is 279 g/mol. The first kappa shape index (κ1) is 11.9. The van der Waals surface area contributed by atoms with Gasteiger partial charge in [0.25, 0.3) is 0 Å². The molecule has 98 valence electrons. The predicted molar refractivity (Wildman–Crippen MR) is 84.2 cm³/mol. The number of halogens is 1. The molecule has 0 spiro atoms. The number of aromatic nitrogens is 1. The van der Waals surface area contributed by atoms with Crippen molar-refractivity contribution in [2.24, 2.45) is 0 Å². The Kier molecular flexibility index (Phi) is 2.75. The third kappa shape index (κ3) is 1.82. The molecule has 1 aliphatic carbocycles. The molecule has 0 saturated carbocycles. The molecular formula is C18H14ClN. The van der Waals surface area contributed by atoms with Gasteiger partial charge in [0.1, 0.15) is 0 Å². The number of nitrogens with zero attached hydrogens (tertiary/aromatic N) is 1. The Morgan fingerprint density at radius 3 is 2.65 bits per heavy atom. The maximum atomic E-state index is 6.20. The van der Waals surface area contributed by atoms with Crippen LogP contribution < -0.4 is 0 Å². The number of pyridine rings is 1. The summed E-state index contributed by atoms with van der Waals surface area (Å²) in [7, 11) is 0. The molecule has 0 aliphatic heterocycles. The van der Waals surface area contributed by atoms with Crippen molar-refractivity contribution in [3.8, 4) is 11.1 Å². The summed E-state index contributed by atoms with van der Waals surface area (Å²) >= 11 is 6.20. The minimum absolute atomic E-state index is 0.773. The van der Waals surface area contributed by atoms with E-state index >= 15 is 0 Å². The third-order valence-electron chi connectivity index (χ3n) is 4.04. The molecule has 3 aromatic rings. The van der Waals surface area contributed by atoms with Gasteiger partial charge in [0, 0.05) is 16.1 Å². The van der Waals surface area contributed by atoms with Gasteiger partial charge in [0.05, 0.1) is 5.52 Å². The van der Waals surface area contributed by atoms with Gasteiger partial charge in [-0.1, -0.05) is 41.9 Å². The number of rotatable bonds is 1. The van der Waals surface area contributed by atoms with Gasteiger partial charge in [0.2, 0.25) is 0 Å². The van der Waals surface area contributed by atoms with Gasteiger partial charge in [-0.05, 0) is 54.2 Å². The standard InChI is InChI=1S/C18H14ClN/c19-13-9-10-17-15(11-13)18(12-5-2-1-3-6-12)14-7-4-8-16(14)20-17/h1-3,5-6,9-11H,4,7-8H2. The topological polar surface area (TPSA) is 12.9 Å². The molecule has 1 aromatic heterocycles. The molecular weight excluding hydrogens is 266 g/mol. The van der Waals surface area contributed by atoms with E-state index in [4.69, 9.17) is 16.6 Å². The second-order valence-electron chi connectivity index (χ2n) is 5.29. The molecule has 0 saturated heterocycles. The lowest BCUT2D eigenvalue weighted by molar-refractivity contribution is 0.901. The molecule has 2 aromatic carbocycles. The Bertz CT molecular complexity index is 793. The third-order valence-corrected chi connectivity index (χ3v) is 4.27. The van der Waals surface area contributed by atoms with Gasteiger partial charge < -0.3 is 0 Å². The molecule has 0 atom stereocenters. The van der Waals surface area contributed by atoms with Crippen LogP contribution in [0.2, 0.25) is 5.02 Å². The Morgan fingerprint density at radius 2 is 1.80 bits per heavy atom. The lowest BCUT2D eigenvalue weighted by Crippen LogP contribution is -1.95. The van der Waals surface area contributed by atoms with Gasteiger partial charge in [-0.25, -0.2) is 0 Å². The van der Waals surface area contributed by atoms with E-state index in [9.17, 15) is 0 Å². The summed E-state index contributed by atoms with van der Waals surface area (Å²) in [5, 5.41) is 1.94. The fraction of sp³-hybridized carbons (Fsp3) is 0.167. The van der Waals surface area contributed by atoms with Crippen LogP contribution in [0.1, 0.15) is 17.7 Å². The van der Waals surface area contributed by atoms with Crippen LogP contribution in [0, 0.1) is 0 Å². The maximum absolute atomic E-state index is 6.20. The average Bonchev–Trinajstić information content (AvgIpc) is 2.93. The fourth-order valence-corrected chi connectivity index (χ4v) is 3.34. The lowest BCUT2D eigenvalue weighted by Gasteiger charge is -2.13. The van der Waals surface area contributed by atoms with Crippen molar-refractivity contribution in [1.82, 2.24) is 4.98 Å². The van der Waals surface area contributed by atoms with E-state index in [0.717, 1.165) is 23.4 Å². The van der Waals surface area contributed by atoms with Crippen molar-refractivity contribution in [3.05, 3.63) is 64.8 Å². The van der Waals surface area contributed by atoms with Crippen molar-refractivity contribution >= 4 is 22.5 Å². The van der Waals surface area contributed by atoms with Crippen molar-refractivity contribution in [2.45, 2.75) is 19.3 Å². The first-order valence-corrected chi connectivity index (χ1v) is 7.37. The van der Waals surface area contributed by atoms with Crippen LogP contribution in [-0.4, -0.2) is 4.98 Å². The molecule has 2 heteroatoms. The molecule has 1 nitrogen and oxygen atoms in total. The number of hydrogen-bond donors (Lipinski definition) is 0. The van der Waals surface area contributed by atoms with Crippen LogP contribution in [0.25, 0.3) is 22.0 Å². The summed E-state index contributed by atoms with van der Waals surface area (Å²) in [6.45, 7) is 0. The first-order chi connectivity index (χ1) is 9.83. The first-order valence-electron chi connectivity index (χ1n) is 6.99. The summed E-state index contributed by atoms with van der Waals surface area (Å²) in [6.07, 6.45) is 3.41. The van der Waals surface area contributed by atoms with Crippen LogP contribution in [0.5, 0.6) is 0 Å². The Hall–Kier alpha value is -1.86. The highest BCUT2D eigenvalue weighted by molar-refractivity contribution is 6.31. The zero-order chi connectivity index (χ0) is 13.5. The molecule has 0 amide bonds. The van der Waals surface area contributed by atoms with Crippen LogP contribution in [-0.2, 0) is 12.8 Å². The Balaban J connectivity index is 2.13. The van der Waals surface area contributed by atoms with Crippen molar-refractivity contribution in [2.75, 3.05) is 0 Å². The quantitative estimate of drug-likeness (QED) is 0.608. The van der Waals surface area contributed by atoms with Crippen LogP contribution >= 0.6 is 11.6 Å². The van der Waals surface area contributed by atoms with Crippen molar-refractivity contribution in [3.63, 3.8) is 0 Å². The minimum atomic E-state index is 0.773. The lowest BCUT2D eigenvalue weighted by atomic mass is 9.95. The van der Waals surface area contributed by atoms with E-state index in [-0.39, 0.29) is 0 Å². The van der Waals surface area contributed by atoms with Crippen molar-refractivity contribution in [1.29, 1.82) is 0 Å². The van der Waals surface area contributed by atoms with Gasteiger partial charge >= 0.3 is 0 Å². The summed E-state index contributed by atoms with van der Waals surface area (Å²) < 4.78 is 0. The van der Waals surface area contributed by atoms with Crippen LogP contribution in [0.3, 0.4) is 0 Å². The molecule has 1 aliphatic rings. The van der Waals surface area contributed by atoms with E-state index in [0.29, 0.717) is 0 Å². The van der Waals surface area contributed by atoms with Crippen molar-refractivity contribution < 1.29 is 0 Å². The average molecular weight is 280 g/mol. The minimum Gasteiger partial charge on any atom is -0.253 e. The number of hydrogen-bond acceptors (Lipinski definition) is 1. The van der Waals surface area contributed by atoms with Gasteiger partial charge in [-0.3, -0.25) is 4.98 Å². The summed E-state index contributed by atoms with van der Waals surface area (Å²) in [5.74, 6) is 0. The molecule has 0 N–H and O–H groups in total. The van der Waals surface area contributed by atoms with E-state index in [2.05, 4.69) is 30.3 Å². The van der Waals surface area contributed by atoms with Gasteiger partial charge in [-0.2, -0.15) is 0 Å². The molecule has 0 bridgehead atoms. The van der Waals surface area contributed by atoms with Gasteiger partial charge in [-0.15, -0.1) is 0 Å². The summed E-state index contributed by atoms with van der Waals surface area (Å²) in [6, 6.07) is 16.6. The predicted octanol–water partition coefficient (Wildman–Crippen LogP) is 5.04. The fourth-order valence-electron chi connectivity index (χ4n) is 3.17. The largest absolute Gasteiger partial charge is 0.253 e. The van der Waals surface area contributed by atoms with E-state index in [1.54, 1.807) is 0 Å². The number of benzene rings is 2. The van der Waals surface area contributed by atoms with E-state index < -0.39 is 0 Å². The Morgan fingerprint density at radius 1 is 0.950 bits per heavy atom. The number of aryl methyl sites for hydroxylation is 1. The Labute approximate surface area is 123 Å². The van der Waals surface area contributed by atoms with Gasteiger partial charge in [0.15, 0.2) is 0 Å². The second-order valence-corrected chi connectivity index (χ2v) is 5.73. The zero-order valence-electron chi connectivity index (χ0n) is 11.1. The highest BCUT2D eigenvalue weighted by Crippen LogP contribution is 2.37. The zero-order valence-corrected chi connectivity index (χ0v) is 11.8. The molecule has 0 fully saturated rings. The maximum Gasteiger partial charge on any atom is 0.0712 e. The molecule has 4 rings (SSSR count). The molecule has 20 heavy (non-hydrogen) atoms. The SMILES string of the molecule is Clc1ccc2nc3c(c(-c4ccccc4)c2c1)CCC3. The summed E-state index contributed by atoms with van der Waals surface area (Å²) in [5.41, 5.74) is 6.31. The molecule has 0 unspecified atom stereocenters.